The number of rotatable bonds is 6. The van der Waals surface area contributed by atoms with Gasteiger partial charge in [-0.3, -0.25) is 15.0 Å². The largest absolute Gasteiger partial charge is 0.299 e. The quantitative estimate of drug-likeness (QED) is 0.875. The van der Waals surface area contributed by atoms with E-state index in [0.717, 1.165) is 18.4 Å². The monoisotopic (exact) mass is 338 g/mol. The van der Waals surface area contributed by atoms with Crippen LogP contribution in [0.2, 0.25) is 5.02 Å². The fraction of sp³-hybridized carbons (Fsp3) is 0.400. The molecule has 0 radical (unpaired) electrons. The lowest BCUT2D eigenvalue weighted by molar-refractivity contribution is -0.120. The van der Waals surface area contributed by atoms with E-state index in [0.29, 0.717) is 15.2 Å². The number of amides is 1. The van der Waals surface area contributed by atoms with E-state index >= 15 is 0 Å². The van der Waals surface area contributed by atoms with Crippen molar-refractivity contribution in [3.8, 4) is 10.6 Å². The number of halogens is 1. The van der Waals surface area contributed by atoms with E-state index in [1.54, 1.807) is 6.07 Å². The van der Waals surface area contributed by atoms with Crippen LogP contribution in [0.15, 0.2) is 24.3 Å². The number of hydrogen-bond donors (Lipinski definition) is 1. The van der Waals surface area contributed by atoms with Crippen LogP contribution < -0.4 is 5.32 Å². The van der Waals surface area contributed by atoms with Crippen LogP contribution in [0, 0.1) is 0 Å². The molecular weight excluding hydrogens is 320 g/mol. The maximum absolute atomic E-state index is 12.3. The maximum atomic E-state index is 12.3. The molecule has 5 nitrogen and oxygen atoms in total. The van der Waals surface area contributed by atoms with Crippen molar-refractivity contribution in [3.63, 3.8) is 0 Å². The molecule has 7 heteroatoms. The van der Waals surface area contributed by atoms with Gasteiger partial charge in [0.2, 0.25) is 11.0 Å². The Balaban J connectivity index is 2.12. The fourth-order valence-electron chi connectivity index (χ4n) is 2.10. The van der Waals surface area contributed by atoms with E-state index in [2.05, 4.69) is 22.4 Å². The molecule has 1 amide bonds. The number of likely N-dealkylation sites (N-methyl/N-ethyl adjacent to an activating group) is 1. The van der Waals surface area contributed by atoms with Gasteiger partial charge in [0.25, 0.3) is 0 Å². The van der Waals surface area contributed by atoms with Gasteiger partial charge in [-0.05, 0) is 26.6 Å². The minimum absolute atomic E-state index is 0.0614. The second-order valence-corrected chi connectivity index (χ2v) is 6.53. The standard InChI is InChI=1S/C15H19ClN4OS/c1-4-7-12(20(2)3)13(21)17-15-19-18-14(22-15)10-8-5-6-9-11(10)16/h5-6,8-9,12H,4,7H2,1-3H3,(H,17,19,21). The molecule has 1 N–H and O–H groups in total. The van der Waals surface area contributed by atoms with Crippen molar-refractivity contribution in [2.45, 2.75) is 25.8 Å². The first-order chi connectivity index (χ1) is 10.5. The molecule has 0 fully saturated rings. The van der Waals surface area contributed by atoms with Crippen LogP contribution in [-0.2, 0) is 4.79 Å². The molecule has 0 spiro atoms. The number of anilines is 1. The summed E-state index contributed by atoms with van der Waals surface area (Å²) < 4.78 is 0. The Morgan fingerprint density at radius 3 is 2.73 bits per heavy atom. The minimum Gasteiger partial charge on any atom is -0.299 e. The highest BCUT2D eigenvalue weighted by atomic mass is 35.5. The highest BCUT2D eigenvalue weighted by Gasteiger charge is 2.21. The van der Waals surface area contributed by atoms with Crippen LogP contribution in [0.1, 0.15) is 19.8 Å². The molecule has 22 heavy (non-hydrogen) atoms. The van der Waals surface area contributed by atoms with Crippen molar-refractivity contribution >= 4 is 34.0 Å². The van der Waals surface area contributed by atoms with Crippen molar-refractivity contribution in [3.05, 3.63) is 29.3 Å². The molecule has 118 valence electrons. The molecule has 1 atom stereocenters. The molecule has 0 aliphatic carbocycles. The van der Waals surface area contributed by atoms with E-state index in [1.807, 2.05) is 37.2 Å². The summed E-state index contributed by atoms with van der Waals surface area (Å²) in [6.07, 6.45) is 1.74. The molecule has 2 rings (SSSR count). The molecule has 2 aromatic rings. The van der Waals surface area contributed by atoms with E-state index < -0.39 is 0 Å². The summed E-state index contributed by atoms with van der Waals surface area (Å²) in [5, 5.41) is 12.8. The Kier molecular flexibility index (Phi) is 5.88. The Hall–Kier alpha value is -1.50. The number of aromatic nitrogens is 2. The fourth-order valence-corrected chi connectivity index (χ4v) is 3.17. The molecule has 1 aromatic heterocycles. The molecule has 1 unspecified atom stereocenters. The van der Waals surface area contributed by atoms with Gasteiger partial charge >= 0.3 is 0 Å². The van der Waals surface area contributed by atoms with Gasteiger partial charge in [0.15, 0.2) is 5.01 Å². The van der Waals surface area contributed by atoms with Crippen molar-refractivity contribution in [2.24, 2.45) is 0 Å². The Labute approximate surface area is 139 Å². The normalized spacial score (nSPS) is 12.4. The molecule has 0 aliphatic rings. The first kappa shape index (κ1) is 16.9. The van der Waals surface area contributed by atoms with Crippen LogP contribution in [0.5, 0.6) is 0 Å². The minimum atomic E-state index is -0.169. The smallest absolute Gasteiger partial charge is 0.243 e. The molecule has 0 saturated heterocycles. The van der Waals surface area contributed by atoms with Crippen LogP contribution in [0.3, 0.4) is 0 Å². The third-order valence-corrected chi connectivity index (χ3v) is 4.45. The van der Waals surface area contributed by atoms with Gasteiger partial charge in [-0.25, -0.2) is 0 Å². The van der Waals surface area contributed by atoms with Crippen molar-refractivity contribution < 1.29 is 4.79 Å². The molecule has 0 aliphatic heterocycles. The second-order valence-electron chi connectivity index (χ2n) is 5.15. The lowest BCUT2D eigenvalue weighted by Crippen LogP contribution is -2.39. The van der Waals surface area contributed by atoms with Gasteiger partial charge in [0.1, 0.15) is 0 Å². The molecular formula is C15H19ClN4OS. The Bertz CT molecular complexity index is 644. The van der Waals surface area contributed by atoms with Crippen molar-refractivity contribution in [1.29, 1.82) is 0 Å². The summed E-state index contributed by atoms with van der Waals surface area (Å²) in [4.78, 5) is 14.2. The molecule has 0 bridgehead atoms. The second kappa shape index (κ2) is 7.67. The van der Waals surface area contributed by atoms with Gasteiger partial charge in [-0.2, -0.15) is 0 Å². The van der Waals surface area contributed by atoms with Crippen LogP contribution in [0.25, 0.3) is 10.6 Å². The highest BCUT2D eigenvalue weighted by molar-refractivity contribution is 7.18. The first-order valence-corrected chi connectivity index (χ1v) is 8.28. The summed E-state index contributed by atoms with van der Waals surface area (Å²) in [6.45, 7) is 2.06. The van der Waals surface area contributed by atoms with Crippen LogP contribution >= 0.6 is 22.9 Å². The summed E-state index contributed by atoms with van der Waals surface area (Å²) in [5.41, 5.74) is 0.819. The Morgan fingerprint density at radius 2 is 2.09 bits per heavy atom. The van der Waals surface area contributed by atoms with E-state index in [-0.39, 0.29) is 11.9 Å². The SMILES string of the molecule is CCCC(C(=O)Nc1nnc(-c2ccccc2Cl)s1)N(C)C. The summed E-state index contributed by atoms with van der Waals surface area (Å²) in [6, 6.07) is 7.28. The number of benzene rings is 1. The first-order valence-electron chi connectivity index (χ1n) is 7.08. The van der Waals surface area contributed by atoms with E-state index in [9.17, 15) is 4.79 Å². The predicted octanol–water partition coefficient (Wildman–Crippen LogP) is 3.53. The zero-order valence-electron chi connectivity index (χ0n) is 12.8. The summed E-state index contributed by atoms with van der Waals surface area (Å²) >= 11 is 7.47. The zero-order valence-corrected chi connectivity index (χ0v) is 14.4. The lowest BCUT2D eigenvalue weighted by atomic mass is 10.1. The molecule has 1 aromatic carbocycles. The third kappa shape index (κ3) is 4.03. The number of carbonyl (C=O) groups is 1. The summed E-state index contributed by atoms with van der Waals surface area (Å²) in [7, 11) is 3.80. The van der Waals surface area contributed by atoms with E-state index in [1.165, 1.54) is 11.3 Å². The van der Waals surface area contributed by atoms with Gasteiger partial charge in [0, 0.05) is 5.56 Å². The van der Waals surface area contributed by atoms with E-state index in [4.69, 9.17) is 11.6 Å². The molecule has 0 saturated carbocycles. The number of nitrogens with one attached hydrogen (secondary N) is 1. The van der Waals surface area contributed by atoms with Gasteiger partial charge in [-0.1, -0.05) is 54.5 Å². The maximum Gasteiger partial charge on any atom is 0.243 e. The predicted molar refractivity (Wildman–Crippen MR) is 91.4 cm³/mol. The van der Waals surface area contributed by atoms with Crippen LogP contribution in [-0.4, -0.2) is 41.1 Å². The molecule has 1 heterocycles. The zero-order chi connectivity index (χ0) is 16.1. The van der Waals surface area contributed by atoms with Gasteiger partial charge in [-0.15, -0.1) is 10.2 Å². The average Bonchev–Trinajstić information content (AvgIpc) is 2.93. The van der Waals surface area contributed by atoms with Gasteiger partial charge in [0.05, 0.1) is 11.1 Å². The highest BCUT2D eigenvalue weighted by Crippen LogP contribution is 2.31. The van der Waals surface area contributed by atoms with Gasteiger partial charge < -0.3 is 0 Å². The average molecular weight is 339 g/mol. The number of carbonyl (C=O) groups excluding carboxylic acids is 1. The Morgan fingerprint density at radius 1 is 1.36 bits per heavy atom. The topological polar surface area (TPSA) is 58.1 Å². The van der Waals surface area contributed by atoms with Crippen LogP contribution in [0.4, 0.5) is 5.13 Å². The van der Waals surface area contributed by atoms with Crippen molar-refractivity contribution in [2.75, 3.05) is 19.4 Å². The number of nitrogens with zero attached hydrogens (tertiary/aromatic N) is 3. The van der Waals surface area contributed by atoms with Crippen molar-refractivity contribution in [1.82, 2.24) is 15.1 Å². The number of hydrogen-bond acceptors (Lipinski definition) is 5. The summed E-state index contributed by atoms with van der Waals surface area (Å²) in [5.74, 6) is -0.0614. The third-order valence-electron chi connectivity index (χ3n) is 3.25. The lowest BCUT2D eigenvalue weighted by Gasteiger charge is -2.21.